The van der Waals surface area contributed by atoms with E-state index in [1.165, 1.54) is 109 Å². The first-order valence-electron chi connectivity index (χ1n) is 19.4. The predicted octanol–water partition coefficient (Wildman–Crippen LogP) is 15.8. The molecule has 0 saturated heterocycles. The molecule has 0 saturated carbocycles. The highest BCUT2D eigenvalue weighted by molar-refractivity contribution is 6.26. The van der Waals surface area contributed by atoms with Crippen molar-refractivity contribution in [3.05, 3.63) is 218 Å². The van der Waals surface area contributed by atoms with Crippen LogP contribution in [0.4, 0.5) is 0 Å². The average molecular weight is 709 g/mol. The maximum absolute atomic E-state index is 2.42. The summed E-state index contributed by atoms with van der Waals surface area (Å²) in [4.78, 5) is 0. The molecule has 0 aliphatic heterocycles. The number of hydrogen-bond acceptors (Lipinski definition) is 0. The average Bonchev–Trinajstić information content (AvgIpc) is 3.28. The topological polar surface area (TPSA) is 0 Å². The Hall–Kier alpha value is -7.28. The van der Waals surface area contributed by atoms with Gasteiger partial charge in [-0.2, -0.15) is 0 Å². The summed E-state index contributed by atoms with van der Waals surface area (Å²) in [6, 6.07) is 80.4. The molecule has 0 spiro atoms. The molecule has 56 heavy (non-hydrogen) atoms. The van der Waals surface area contributed by atoms with Gasteiger partial charge in [-0.3, -0.25) is 0 Å². The van der Waals surface area contributed by atoms with Crippen LogP contribution in [-0.2, 0) is 0 Å². The van der Waals surface area contributed by atoms with Crippen molar-refractivity contribution in [2.45, 2.75) is 0 Å². The summed E-state index contributed by atoms with van der Waals surface area (Å²) in [7, 11) is 0. The standard InChI is InChI=1S/C56H36/c1-3-15-38(16-4-1)55-45(43-21-13-20-41(35-43)42-27-26-37-14-7-8-19-40(37)34-42)30-32-53-52(55)33-31-46(56(53)39-17-5-2-6-18-39)44-28-29-51-49-24-10-9-22-47(49)48-23-11-12-25-50(48)54(51)36-44/h1-36H. The Morgan fingerprint density at radius 2 is 0.589 bits per heavy atom. The van der Waals surface area contributed by atoms with Gasteiger partial charge < -0.3 is 0 Å². The summed E-state index contributed by atoms with van der Waals surface area (Å²) in [5.41, 5.74) is 12.2. The Bertz CT molecular complexity index is 3250. The fourth-order valence-corrected chi connectivity index (χ4v) is 9.03. The molecule has 11 rings (SSSR count). The zero-order valence-corrected chi connectivity index (χ0v) is 30.8. The van der Waals surface area contributed by atoms with E-state index in [2.05, 4.69) is 218 Å². The van der Waals surface area contributed by atoms with Crippen molar-refractivity contribution in [2.75, 3.05) is 0 Å². The maximum Gasteiger partial charge on any atom is -0.00266 e. The molecule has 0 radical (unpaired) electrons. The van der Waals surface area contributed by atoms with E-state index in [1.807, 2.05) is 0 Å². The molecule has 0 aromatic heterocycles. The Morgan fingerprint density at radius 3 is 1.20 bits per heavy atom. The van der Waals surface area contributed by atoms with Crippen molar-refractivity contribution < 1.29 is 0 Å². The quantitative estimate of drug-likeness (QED) is 0.156. The minimum Gasteiger partial charge on any atom is -0.0622 e. The molecule has 0 heteroatoms. The van der Waals surface area contributed by atoms with Crippen LogP contribution in [0.3, 0.4) is 0 Å². The highest BCUT2D eigenvalue weighted by Gasteiger charge is 2.19. The first kappa shape index (κ1) is 32.2. The van der Waals surface area contributed by atoms with Gasteiger partial charge in [-0.15, -0.1) is 0 Å². The van der Waals surface area contributed by atoms with Crippen LogP contribution in [0, 0.1) is 0 Å². The van der Waals surface area contributed by atoms with Gasteiger partial charge >= 0.3 is 0 Å². The van der Waals surface area contributed by atoms with E-state index in [0.717, 1.165) is 0 Å². The van der Waals surface area contributed by atoms with E-state index in [1.54, 1.807) is 0 Å². The monoisotopic (exact) mass is 708 g/mol. The van der Waals surface area contributed by atoms with Crippen molar-refractivity contribution in [3.63, 3.8) is 0 Å². The SMILES string of the molecule is c1ccc(-c2c(-c3cccc(-c4ccc5ccccc5c4)c3)ccc3c(-c4ccccc4)c(-c4ccc5c6ccccc6c6ccccc6c5c4)ccc23)cc1. The van der Waals surface area contributed by atoms with Crippen LogP contribution in [0.1, 0.15) is 0 Å². The fraction of sp³-hybridized carbons (Fsp3) is 0. The van der Waals surface area contributed by atoms with E-state index in [4.69, 9.17) is 0 Å². The summed E-state index contributed by atoms with van der Waals surface area (Å²) in [6.45, 7) is 0. The van der Waals surface area contributed by atoms with E-state index in [0.29, 0.717) is 0 Å². The van der Waals surface area contributed by atoms with Crippen molar-refractivity contribution in [2.24, 2.45) is 0 Å². The van der Waals surface area contributed by atoms with Gasteiger partial charge in [-0.25, -0.2) is 0 Å². The van der Waals surface area contributed by atoms with Crippen LogP contribution in [0.5, 0.6) is 0 Å². The Morgan fingerprint density at radius 1 is 0.179 bits per heavy atom. The normalized spacial score (nSPS) is 11.6. The molecule has 260 valence electrons. The number of fused-ring (bicyclic) bond motifs is 8. The van der Waals surface area contributed by atoms with Crippen LogP contribution in [0.15, 0.2) is 218 Å². The fourth-order valence-electron chi connectivity index (χ4n) is 9.03. The summed E-state index contributed by atoms with van der Waals surface area (Å²) in [5, 5.41) is 12.7. The van der Waals surface area contributed by atoms with E-state index in [9.17, 15) is 0 Å². The molecule has 0 nitrogen and oxygen atoms in total. The largest absolute Gasteiger partial charge is 0.0622 e. The minimum atomic E-state index is 1.20. The van der Waals surface area contributed by atoms with Gasteiger partial charge in [-0.1, -0.05) is 200 Å². The Labute approximate surface area is 326 Å². The lowest BCUT2D eigenvalue weighted by atomic mass is 9.83. The van der Waals surface area contributed by atoms with Gasteiger partial charge in [0.1, 0.15) is 0 Å². The number of benzene rings is 11. The van der Waals surface area contributed by atoms with Crippen LogP contribution in [0.25, 0.3) is 109 Å². The highest BCUT2D eigenvalue weighted by Crippen LogP contribution is 2.46. The molecule has 0 N–H and O–H groups in total. The van der Waals surface area contributed by atoms with E-state index < -0.39 is 0 Å². The lowest BCUT2D eigenvalue weighted by molar-refractivity contribution is 1.58. The van der Waals surface area contributed by atoms with Gasteiger partial charge in [0.05, 0.1) is 0 Å². The second-order valence-corrected chi connectivity index (χ2v) is 14.8. The van der Waals surface area contributed by atoms with Crippen molar-refractivity contribution in [3.8, 4) is 55.6 Å². The van der Waals surface area contributed by atoms with Gasteiger partial charge in [-0.05, 0) is 128 Å². The molecule has 0 unspecified atom stereocenters. The molecule has 0 amide bonds. The number of rotatable bonds is 5. The first-order chi connectivity index (χ1) is 27.8. The van der Waals surface area contributed by atoms with Crippen molar-refractivity contribution in [1.82, 2.24) is 0 Å². The lowest BCUT2D eigenvalue weighted by Gasteiger charge is -2.20. The third-order valence-corrected chi connectivity index (χ3v) is 11.6. The summed E-state index contributed by atoms with van der Waals surface area (Å²) in [5.74, 6) is 0. The lowest BCUT2D eigenvalue weighted by Crippen LogP contribution is -1.93. The molecule has 0 heterocycles. The van der Waals surface area contributed by atoms with Crippen LogP contribution in [0.2, 0.25) is 0 Å². The van der Waals surface area contributed by atoms with Crippen LogP contribution < -0.4 is 0 Å². The van der Waals surface area contributed by atoms with E-state index in [-0.39, 0.29) is 0 Å². The predicted molar refractivity (Wildman–Crippen MR) is 241 cm³/mol. The smallest absolute Gasteiger partial charge is 0.00266 e. The Balaban J connectivity index is 1.15. The summed E-state index contributed by atoms with van der Waals surface area (Å²) >= 11 is 0. The second-order valence-electron chi connectivity index (χ2n) is 14.8. The summed E-state index contributed by atoms with van der Waals surface area (Å²) < 4.78 is 0. The van der Waals surface area contributed by atoms with Crippen LogP contribution >= 0.6 is 0 Å². The molecular formula is C56H36. The van der Waals surface area contributed by atoms with Gasteiger partial charge in [0, 0.05) is 0 Å². The molecule has 11 aromatic carbocycles. The number of hydrogen-bond donors (Lipinski definition) is 0. The van der Waals surface area contributed by atoms with Gasteiger partial charge in [0.2, 0.25) is 0 Å². The molecule has 0 atom stereocenters. The van der Waals surface area contributed by atoms with Gasteiger partial charge in [0.15, 0.2) is 0 Å². The van der Waals surface area contributed by atoms with Gasteiger partial charge in [0.25, 0.3) is 0 Å². The first-order valence-corrected chi connectivity index (χ1v) is 19.4. The Kier molecular flexibility index (Phi) is 7.60. The zero-order valence-electron chi connectivity index (χ0n) is 30.8. The molecular weight excluding hydrogens is 673 g/mol. The third-order valence-electron chi connectivity index (χ3n) is 11.6. The zero-order chi connectivity index (χ0) is 37.0. The highest BCUT2D eigenvalue weighted by atomic mass is 14.2. The second kappa shape index (κ2) is 13.2. The molecule has 0 bridgehead atoms. The molecule has 0 fully saturated rings. The minimum absolute atomic E-state index is 1.20. The summed E-state index contributed by atoms with van der Waals surface area (Å²) in [6.07, 6.45) is 0. The van der Waals surface area contributed by atoms with E-state index >= 15 is 0 Å². The van der Waals surface area contributed by atoms with Crippen molar-refractivity contribution in [1.29, 1.82) is 0 Å². The third kappa shape index (κ3) is 5.30. The maximum atomic E-state index is 2.42. The molecule has 0 aliphatic carbocycles. The molecule has 0 aliphatic rings. The molecule has 11 aromatic rings. The van der Waals surface area contributed by atoms with Crippen LogP contribution in [-0.4, -0.2) is 0 Å². The van der Waals surface area contributed by atoms with Crippen molar-refractivity contribution >= 4 is 53.9 Å².